The molecule has 2 aromatic rings. The Hall–Kier alpha value is -1.17. The molecule has 1 heterocycles. The van der Waals surface area contributed by atoms with Crippen molar-refractivity contribution in [1.82, 2.24) is 14.9 Å². The van der Waals surface area contributed by atoms with E-state index in [9.17, 15) is 0 Å². The van der Waals surface area contributed by atoms with Crippen LogP contribution < -0.4 is 0 Å². The molecule has 19 heavy (non-hydrogen) atoms. The van der Waals surface area contributed by atoms with Crippen LogP contribution in [0, 0.1) is 4.77 Å². The molecule has 98 valence electrons. The van der Waals surface area contributed by atoms with Crippen LogP contribution in [0.1, 0.15) is 30.1 Å². The van der Waals surface area contributed by atoms with Gasteiger partial charge in [-0.15, -0.1) is 0 Å². The molecule has 0 unspecified atom stereocenters. The van der Waals surface area contributed by atoms with Crippen LogP contribution in [0.15, 0.2) is 23.3 Å². The van der Waals surface area contributed by atoms with E-state index in [2.05, 4.69) is 15.3 Å². The highest BCUT2D eigenvalue weighted by Gasteiger charge is 2.29. The first-order chi connectivity index (χ1) is 9.16. The fourth-order valence-electron chi connectivity index (χ4n) is 1.77. The van der Waals surface area contributed by atoms with Crippen molar-refractivity contribution >= 4 is 41.6 Å². The normalized spacial score (nSPS) is 15.3. The van der Waals surface area contributed by atoms with Gasteiger partial charge in [0.1, 0.15) is 0 Å². The predicted octanol–water partition coefficient (Wildman–Crippen LogP) is 4.01. The summed E-state index contributed by atoms with van der Waals surface area (Å²) in [5, 5.41) is 12.4. The van der Waals surface area contributed by atoms with Gasteiger partial charge in [-0.1, -0.05) is 29.3 Å². The van der Waals surface area contributed by atoms with Crippen molar-refractivity contribution < 1.29 is 0 Å². The smallest absolute Gasteiger partial charge is 0.216 e. The second kappa shape index (κ2) is 5.07. The Morgan fingerprint density at radius 1 is 1.37 bits per heavy atom. The molecule has 3 rings (SSSR count). The van der Waals surface area contributed by atoms with Crippen molar-refractivity contribution in [3.8, 4) is 0 Å². The molecule has 0 bridgehead atoms. The number of hydrogen-bond donors (Lipinski definition) is 1. The fourth-order valence-corrected chi connectivity index (χ4v) is 2.45. The van der Waals surface area contributed by atoms with E-state index < -0.39 is 0 Å². The summed E-state index contributed by atoms with van der Waals surface area (Å²) in [5.74, 6) is 1.32. The highest BCUT2D eigenvalue weighted by atomic mass is 35.5. The van der Waals surface area contributed by atoms with Gasteiger partial charge in [-0.3, -0.25) is 5.10 Å². The van der Waals surface area contributed by atoms with Crippen molar-refractivity contribution in [2.45, 2.75) is 18.8 Å². The Balaban J connectivity index is 1.99. The molecule has 0 radical (unpaired) electrons. The number of hydrogen-bond acceptors (Lipinski definition) is 3. The summed E-state index contributed by atoms with van der Waals surface area (Å²) in [6.45, 7) is 0. The van der Waals surface area contributed by atoms with E-state index >= 15 is 0 Å². The molecule has 1 fully saturated rings. The standard InChI is InChI=1S/C12H10Cl2N4S/c13-9-2-1-3-10(14)8(9)6-15-18-11(7-4-5-7)16-17-12(18)19/h1-3,6-7H,4-5H2,(H,17,19)/b15-6-. The molecule has 0 saturated heterocycles. The van der Waals surface area contributed by atoms with Gasteiger partial charge in [0.25, 0.3) is 0 Å². The molecule has 0 aliphatic heterocycles. The lowest BCUT2D eigenvalue weighted by atomic mass is 10.2. The highest BCUT2D eigenvalue weighted by molar-refractivity contribution is 7.71. The first-order valence-electron chi connectivity index (χ1n) is 5.82. The zero-order chi connectivity index (χ0) is 13.4. The summed E-state index contributed by atoms with van der Waals surface area (Å²) in [4.78, 5) is 0. The average molecular weight is 313 g/mol. The molecule has 1 aromatic carbocycles. The summed E-state index contributed by atoms with van der Waals surface area (Å²) in [6.07, 6.45) is 3.87. The monoisotopic (exact) mass is 312 g/mol. The first kappa shape index (κ1) is 12.8. The van der Waals surface area contributed by atoms with Crippen LogP contribution in [-0.4, -0.2) is 21.1 Å². The molecule has 7 heteroatoms. The first-order valence-corrected chi connectivity index (χ1v) is 6.99. The van der Waals surface area contributed by atoms with Gasteiger partial charge in [0, 0.05) is 11.5 Å². The van der Waals surface area contributed by atoms with Crippen LogP contribution in [-0.2, 0) is 0 Å². The maximum atomic E-state index is 6.09. The minimum absolute atomic E-state index is 0.451. The third-order valence-corrected chi connectivity index (χ3v) is 3.84. The minimum Gasteiger partial charge on any atom is -0.250 e. The van der Waals surface area contributed by atoms with Crippen molar-refractivity contribution in [2.24, 2.45) is 5.10 Å². The van der Waals surface area contributed by atoms with Gasteiger partial charge in [0.2, 0.25) is 4.77 Å². The zero-order valence-electron chi connectivity index (χ0n) is 9.81. The van der Waals surface area contributed by atoms with Gasteiger partial charge in [-0.25, -0.2) is 0 Å². The largest absolute Gasteiger partial charge is 0.250 e. The summed E-state index contributed by atoms with van der Waals surface area (Å²) < 4.78 is 2.11. The molecule has 0 spiro atoms. The topological polar surface area (TPSA) is 46.0 Å². The maximum absolute atomic E-state index is 6.09. The number of aromatic nitrogens is 3. The number of aromatic amines is 1. The Morgan fingerprint density at radius 3 is 2.68 bits per heavy atom. The Morgan fingerprint density at radius 2 is 2.05 bits per heavy atom. The fraction of sp³-hybridized carbons (Fsp3) is 0.250. The quantitative estimate of drug-likeness (QED) is 0.687. The molecular formula is C12H10Cl2N4S. The predicted molar refractivity (Wildman–Crippen MR) is 78.8 cm³/mol. The molecule has 1 aromatic heterocycles. The van der Waals surface area contributed by atoms with E-state index in [-0.39, 0.29) is 0 Å². The van der Waals surface area contributed by atoms with Crippen LogP contribution in [0.3, 0.4) is 0 Å². The highest BCUT2D eigenvalue weighted by Crippen LogP contribution is 2.38. The molecule has 0 atom stereocenters. The lowest BCUT2D eigenvalue weighted by Gasteiger charge is -2.01. The third kappa shape index (κ3) is 2.59. The van der Waals surface area contributed by atoms with Gasteiger partial charge in [-0.05, 0) is 37.2 Å². The summed E-state index contributed by atoms with van der Waals surface area (Å²) >= 11 is 17.3. The second-order valence-electron chi connectivity index (χ2n) is 4.35. The van der Waals surface area contributed by atoms with Gasteiger partial charge in [0.15, 0.2) is 5.82 Å². The minimum atomic E-state index is 0.451. The number of halogens is 2. The molecule has 1 saturated carbocycles. The lowest BCUT2D eigenvalue weighted by molar-refractivity contribution is 0.773. The van der Waals surface area contributed by atoms with E-state index in [4.69, 9.17) is 35.4 Å². The van der Waals surface area contributed by atoms with E-state index in [0.717, 1.165) is 18.7 Å². The van der Waals surface area contributed by atoms with E-state index in [1.165, 1.54) is 0 Å². The molecular weight excluding hydrogens is 303 g/mol. The van der Waals surface area contributed by atoms with E-state index in [0.29, 0.717) is 26.3 Å². The SMILES string of the molecule is S=c1[nH]nc(C2CC2)n1/N=C\c1c(Cl)cccc1Cl. The molecule has 1 aliphatic carbocycles. The van der Waals surface area contributed by atoms with E-state index in [1.54, 1.807) is 29.1 Å². The van der Waals surface area contributed by atoms with Crippen molar-refractivity contribution in [3.63, 3.8) is 0 Å². The van der Waals surface area contributed by atoms with Crippen LogP contribution in [0.25, 0.3) is 0 Å². The Bertz CT molecular complexity index is 680. The summed E-state index contributed by atoms with van der Waals surface area (Å²) in [7, 11) is 0. The van der Waals surface area contributed by atoms with Crippen molar-refractivity contribution in [2.75, 3.05) is 0 Å². The van der Waals surface area contributed by atoms with Crippen molar-refractivity contribution in [1.29, 1.82) is 0 Å². The summed E-state index contributed by atoms with van der Waals surface area (Å²) in [6, 6.07) is 5.33. The van der Waals surface area contributed by atoms with Gasteiger partial charge < -0.3 is 0 Å². The molecule has 4 nitrogen and oxygen atoms in total. The van der Waals surface area contributed by atoms with Gasteiger partial charge >= 0.3 is 0 Å². The van der Waals surface area contributed by atoms with Crippen LogP contribution in [0.2, 0.25) is 10.0 Å². The zero-order valence-corrected chi connectivity index (χ0v) is 12.1. The second-order valence-corrected chi connectivity index (χ2v) is 5.55. The van der Waals surface area contributed by atoms with Crippen LogP contribution in [0.4, 0.5) is 0 Å². The molecule has 1 N–H and O–H groups in total. The average Bonchev–Trinajstić information content (AvgIpc) is 3.15. The van der Waals surface area contributed by atoms with Crippen molar-refractivity contribution in [3.05, 3.63) is 44.4 Å². The van der Waals surface area contributed by atoms with Crippen LogP contribution in [0.5, 0.6) is 0 Å². The number of nitrogens with one attached hydrogen (secondary N) is 1. The number of nitrogens with zero attached hydrogens (tertiary/aromatic N) is 3. The number of H-pyrrole nitrogens is 1. The maximum Gasteiger partial charge on any atom is 0.216 e. The molecule has 1 aliphatic rings. The Labute approximate surface area is 125 Å². The molecule has 0 amide bonds. The Kier molecular flexibility index (Phi) is 3.43. The lowest BCUT2D eigenvalue weighted by Crippen LogP contribution is -1.97. The number of rotatable bonds is 3. The van der Waals surface area contributed by atoms with E-state index in [1.807, 2.05) is 0 Å². The van der Waals surface area contributed by atoms with Gasteiger partial charge in [0.05, 0.1) is 16.3 Å². The van der Waals surface area contributed by atoms with Crippen LogP contribution >= 0.6 is 35.4 Å². The van der Waals surface area contributed by atoms with Gasteiger partial charge in [-0.2, -0.15) is 14.9 Å². The summed E-state index contributed by atoms with van der Waals surface area (Å²) in [5.41, 5.74) is 0.677. The third-order valence-electron chi connectivity index (χ3n) is 2.92. The number of benzene rings is 1.